The van der Waals surface area contributed by atoms with Gasteiger partial charge in [0.1, 0.15) is 5.84 Å². The van der Waals surface area contributed by atoms with E-state index in [0.717, 1.165) is 28.5 Å². The Hall–Kier alpha value is -6.65. The number of nitrogens with zero attached hydrogens (tertiary/aromatic N) is 3. The van der Waals surface area contributed by atoms with Crippen LogP contribution in [0, 0.1) is 0 Å². The van der Waals surface area contributed by atoms with Crippen molar-refractivity contribution in [2.45, 2.75) is 6.04 Å². The zero-order valence-corrected chi connectivity index (χ0v) is 27.2. The summed E-state index contributed by atoms with van der Waals surface area (Å²) in [6, 6.07) is 62.8. The lowest BCUT2D eigenvalue weighted by Crippen LogP contribution is -2.32. The fraction of sp³-hybridized carbons (Fsp3) is 0.0217. The number of fused-ring (bicyclic) bond motifs is 5. The quantitative estimate of drug-likeness (QED) is 0.200. The average Bonchev–Trinajstić information content (AvgIpc) is 3.76. The van der Waals surface area contributed by atoms with Crippen molar-refractivity contribution in [2.24, 2.45) is 4.99 Å². The Bertz CT molecular complexity index is 2720. The molecule has 0 fully saturated rings. The number of amidine groups is 1. The molecular formula is C46H32N4. The van der Waals surface area contributed by atoms with E-state index in [2.05, 4.69) is 197 Å². The van der Waals surface area contributed by atoms with Gasteiger partial charge in [0.15, 0.2) is 0 Å². The van der Waals surface area contributed by atoms with Gasteiger partial charge in [0.05, 0.1) is 28.3 Å². The average molecular weight is 641 g/mol. The monoisotopic (exact) mass is 640 g/mol. The van der Waals surface area contributed by atoms with E-state index in [1.807, 2.05) is 0 Å². The minimum Gasteiger partial charge on any atom is -0.359 e. The molecule has 9 aromatic rings. The second kappa shape index (κ2) is 11.5. The lowest BCUT2D eigenvalue weighted by atomic mass is 9.93. The zero-order valence-electron chi connectivity index (χ0n) is 27.2. The Morgan fingerprint density at radius 2 is 1.18 bits per heavy atom. The van der Waals surface area contributed by atoms with Crippen LogP contribution in [0.4, 0.5) is 5.69 Å². The Balaban J connectivity index is 1.08. The number of hydrogen-bond donors (Lipinski definition) is 1. The second-order valence-electron chi connectivity index (χ2n) is 12.9. The first-order chi connectivity index (χ1) is 24.8. The van der Waals surface area contributed by atoms with Gasteiger partial charge < -0.3 is 14.5 Å². The van der Waals surface area contributed by atoms with E-state index >= 15 is 0 Å². The molecule has 4 heteroatoms. The minimum atomic E-state index is -0.0256. The Morgan fingerprint density at radius 3 is 2.04 bits per heavy atom. The molecule has 1 aliphatic rings. The first kappa shape index (κ1) is 28.4. The van der Waals surface area contributed by atoms with Gasteiger partial charge in [-0.15, -0.1) is 0 Å². The van der Waals surface area contributed by atoms with Crippen LogP contribution in [0.15, 0.2) is 187 Å². The van der Waals surface area contributed by atoms with Crippen molar-refractivity contribution in [1.82, 2.24) is 14.5 Å². The van der Waals surface area contributed by atoms with Crippen molar-refractivity contribution >= 4 is 44.2 Å². The van der Waals surface area contributed by atoms with Crippen molar-refractivity contribution in [3.8, 4) is 22.5 Å². The third-order valence-electron chi connectivity index (χ3n) is 10.0. The van der Waals surface area contributed by atoms with Crippen LogP contribution < -0.4 is 5.32 Å². The molecule has 1 N–H and O–H groups in total. The van der Waals surface area contributed by atoms with Gasteiger partial charge in [-0.05, 0) is 71.3 Å². The third kappa shape index (κ3) is 4.65. The summed E-state index contributed by atoms with van der Waals surface area (Å²) in [4.78, 5) is 5.17. The van der Waals surface area contributed by atoms with E-state index in [4.69, 9.17) is 4.99 Å². The van der Waals surface area contributed by atoms with Gasteiger partial charge in [-0.2, -0.15) is 0 Å². The van der Waals surface area contributed by atoms with E-state index in [9.17, 15) is 0 Å². The maximum absolute atomic E-state index is 5.17. The van der Waals surface area contributed by atoms with Gasteiger partial charge in [0.2, 0.25) is 0 Å². The highest BCUT2D eigenvalue weighted by molar-refractivity contribution is 6.13. The van der Waals surface area contributed by atoms with Gasteiger partial charge >= 0.3 is 0 Å². The largest absolute Gasteiger partial charge is 0.359 e. The molecule has 3 heterocycles. The maximum Gasteiger partial charge on any atom is 0.134 e. The number of para-hydroxylation sites is 3. The predicted molar refractivity (Wildman–Crippen MR) is 207 cm³/mol. The van der Waals surface area contributed by atoms with Crippen molar-refractivity contribution in [2.75, 3.05) is 0 Å². The van der Waals surface area contributed by atoms with E-state index in [1.54, 1.807) is 0 Å². The zero-order chi connectivity index (χ0) is 33.0. The van der Waals surface area contributed by atoms with Crippen molar-refractivity contribution in [1.29, 1.82) is 0 Å². The normalized spacial score (nSPS) is 14.1. The van der Waals surface area contributed by atoms with Crippen LogP contribution in [0.5, 0.6) is 0 Å². The maximum atomic E-state index is 5.17. The van der Waals surface area contributed by atoms with Crippen molar-refractivity contribution in [3.05, 3.63) is 199 Å². The van der Waals surface area contributed by atoms with Crippen LogP contribution in [-0.2, 0) is 0 Å². The summed E-state index contributed by atoms with van der Waals surface area (Å²) in [6.45, 7) is 0. The molecule has 0 radical (unpaired) electrons. The summed E-state index contributed by atoms with van der Waals surface area (Å²) >= 11 is 0. The summed E-state index contributed by atoms with van der Waals surface area (Å²) in [5.41, 5.74) is 12.7. The highest BCUT2D eigenvalue weighted by Gasteiger charge is 2.25. The molecule has 0 spiro atoms. The molecule has 4 nitrogen and oxygen atoms in total. The molecule has 1 atom stereocenters. The van der Waals surface area contributed by atoms with Gasteiger partial charge in [-0.25, -0.2) is 4.99 Å². The third-order valence-corrected chi connectivity index (χ3v) is 10.0. The Kier molecular flexibility index (Phi) is 6.53. The molecule has 0 aliphatic carbocycles. The molecule has 1 aliphatic heterocycles. The van der Waals surface area contributed by atoms with Crippen LogP contribution >= 0.6 is 0 Å². The summed E-state index contributed by atoms with van der Waals surface area (Å²) < 4.78 is 4.67. The molecule has 10 rings (SSSR count). The lowest BCUT2D eigenvalue weighted by molar-refractivity contribution is 0.749. The van der Waals surface area contributed by atoms with E-state index in [0.29, 0.717) is 0 Å². The first-order valence-electron chi connectivity index (χ1n) is 17.1. The fourth-order valence-electron chi connectivity index (χ4n) is 7.59. The topological polar surface area (TPSA) is 34.2 Å². The van der Waals surface area contributed by atoms with Gasteiger partial charge in [0.25, 0.3) is 0 Å². The van der Waals surface area contributed by atoms with E-state index < -0.39 is 0 Å². The summed E-state index contributed by atoms with van der Waals surface area (Å²) in [5.74, 6) is 0.866. The molecule has 0 amide bonds. The van der Waals surface area contributed by atoms with Crippen LogP contribution in [0.3, 0.4) is 0 Å². The van der Waals surface area contributed by atoms with Gasteiger partial charge in [-0.1, -0.05) is 121 Å². The number of nitrogens with one attached hydrogen (secondary N) is 1. The standard InChI is InChI=1S/C46H32N4/c1-3-12-31(13-4-1)32-22-24-33(25-23-32)45-39-19-7-9-20-41(39)47-46(48-45)35-14-11-17-37(28-35)50-42-21-10-8-18-38(42)40-30-43-34(29-44(40)50)26-27-49(43)36-15-5-2-6-16-36/h1-30,45H,(H,47,48). The van der Waals surface area contributed by atoms with E-state index in [1.165, 1.54) is 55.0 Å². The van der Waals surface area contributed by atoms with Crippen LogP contribution in [0.25, 0.3) is 55.2 Å². The highest BCUT2D eigenvalue weighted by atomic mass is 15.1. The smallest absolute Gasteiger partial charge is 0.134 e. The number of aliphatic imine (C=N–C) groups is 1. The molecule has 1 unspecified atom stereocenters. The van der Waals surface area contributed by atoms with Crippen LogP contribution in [0.1, 0.15) is 22.7 Å². The highest BCUT2D eigenvalue weighted by Crippen LogP contribution is 2.38. The molecule has 0 saturated heterocycles. The summed E-state index contributed by atoms with van der Waals surface area (Å²) in [5, 5.41) is 7.50. The summed E-state index contributed by atoms with van der Waals surface area (Å²) in [6.07, 6.45) is 2.17. The molecule has 7 aromatic carbocycles. The Morgan fingerprint density at radius 1 is 0.480 bits per heavy atom. The number of hydrogen-bond acceptors (Lipinski definition) is 2. The number of aromatic nitrogens is 2. The van der Waals surface area contributed by atoms with Gasteiger partial charge in [-0.3, -0.25) is 0 Å². The van der Waals surface area contributed by atoms with E-state index in [-0.39, 0.29) is 6.04 Å². The SMILES string of the molecule is c1ccc(-c2ccc(C3NC(c4cccc(-n5c6ccccc6c6cc7c(ccn7-c7ccccc7)cc65)c4)=Nc4ccccc43)cc2)cc1. The summed E-state index contributed by atoms with van der Waals surface area (Å²) in [7, 11) is 0. The molecule has 50 heavy (non-hydrogen) atoms. The van der Waals surface area contributed by atoms with Gasteiger partial charge in [0, 0.05) is 44.9 Å². The molecule has 0 saturated carbocycles. The molecule has 0 bridgehead atoms. The lowest BCUT2D eigenvalue weighted by Gasteiger charge is -2.28. The molecule has 236 valence electrons. The predicted octanol–water partition coefficient (Wildman–Crippen LogP) is 11.2. The molecule has 2 aromatic heterocycles. The van der Waals surface area contributed by atoms with Crippen LogP contribution in [-0.4, -0.2) is 15.0 Å². The second-order valence-corrected chi connectivity index (χ2v) is 12.9. The Labute approximate surface area is 290 Å². The number of benzene rings is 7. The van der Waals surface area contributed by atoms with Crippen molar-refractivity contribution in [3.63, 3.8) is 0 Å². The first-order valence-corrected chi connectivity index (χ1v) is 17.1. The minimum absolute atomic E-state index is 0.0256. The van der Waals surface area contributed by atoms with Crippen LogP contribution in [0.2, 0.25) is 0 Å². The van der Waals surface area contributed by atoms with Crippen molar-refractivity contribution < 1.29 is 0 Å². The number of rotatable bonds is 5. The molecular weight excluding hydrogens is 609 g/mol. The fourth-order valence-corrected chi connectivity index (χ4v) is 7.59.